The number of carbonyl (C=O) groups is 1. The second-order valence-corrected chi connectivity index (χ2v) is 1.59. The van der Waals surface area contributed by atoms with Crippen LogP contribution in [0.3, 0.4) is 0 Å². The number of rotatable bonds is 2. The quantitative estimate of drug-likeness (QED) is 0.536. The fraction of sp³-hybridized carbons (Fsp3) is 0.250. The van der Waals surface area contributed by atoms with E-state index in [0.29, 0.717) is 0 Å². The predicted molar refractivity (Wildman–Crippen MR) is 27.0 cm³/mol. The maximum Gasteiger partial charge on any atom is 0.550 e. The molecule has 0 aromatic carbocycles. The van der Waals surface area contributed by atoms with Crippen LogP contribution in [0.2, 0.25) is 0 Å². The van der Waals surface area contributed by atoms with E-state index in [1.165, 1.54) is 0 Å². The van der Waals surface area contributed by atoms with E-state index in [1.807, 2.05) is 0 Å². The zero-order valence-corrected chi connectivity index (χ0v) is 4.77. The van der Waals surface area contributed by atoms with Gasteiger partial charge in [0.25, 0.3) is 0 Å². The highest BCUT2D eigenvalue weighted by molar-refractivity contribution is 6.29. The Morgan fingerprint density at radius 3 is 2.38 bits per heavy atom. The van der Waals surface area contributed by atoms with Crippen molar-refractivity contribution in [2.24, 2.45) is 0 Å². The Morgan fingerprint density at radius 2 is 2.25 bits per heavy atom. The number of carbonyl (C=O) groups excluding carboxylic acids is 1. The average molecular weight is 136 g/mol. The first-order valence-electron chi connectivity index (χ1n) is 1.80. The Labute approximate surface area is 51.5 Å². The van der Waals surface area contributed by atoms with E-state index in [0.717, 1.165) is 0 Å². The van der Waals surface area contributed by atoms with Crippen molar-refractivity contribution in [3.05, 3.63) is 11.6 Å². The van der Waals surface area contributed by atoms with E-state index in [1.54, 1.807) is 0 Å². The van der Waals surface area contributed by atoms with Gasteiger partial charge in [0.15, 0.2) is 0 Å². The van der Waals surface area contributed by atoms with Crippen molar-refractivity contribution in [3.63, 3.8) is 0 Å². The lowest BCUT2D eigenvalue weighted by Gasteiger charge is -1.91. The summed E-state index contributed by atoms with van der Waals surface area (Å²) in [4.78, 5) is 9.47. The highest BCUT2D eigenvalue weighted by Crippen LogP contribution is 1.95. The van der Waals surface area contributed by atoms with Crippen LogP contribution in [-0.4, -0.2) is 12.8 Å². The molecule has 0 saturated heterocycles. The van der Waals surface area contributed by atoms with E-state index in [4.69, 9.17) is 11.6 Å². The van der Waals surface area contributed by atoms with Gasteiger partial charge in [-0.25, -0.2) is 0 Å². The molecule has 0 spiro atoms. The molecule has 45 valence electrons. The second kappa shape index (κ2) is 3.32. The summed E-state index contributed by atoms with van der Waals surface area (Å²) in [7, 11) is 0. The van der Waals surface area contributed by atoms with Crippen molar-refractivity contribution in [1.29, 1.82) is 0 Å². The molecule has 0 amide bonds. The molecule has 0 N–H and O–H groups in total. The van der Waals surface area contributed by atoms with Crippen LogP contribution in [0.5, 0.6) is 0 Å². The summed E-state index contributed by atoms with van der Waals surface area (Å²) in [6.45, 7) is 2.97. The third kappa shape index (κ3) is 5.30. The second-order valence-electron chi connectivity index (χ2n) is 1.06. The monoisotopic (exact) mass is 135 g/mol. The highest BCUT2D eigenvalue weighted by atomic mass is 35.5. The molecule has 0 aliphatic carbocycles. The number of hydrogen-bond acceptors (Lipinski definition) is 2. The molecule has 0 atom stereocenters. The highest BCUT2D eigenvalue weighted by Gasteiger charge is 1.97. The van der Waals surface area contributed by atoms with Crippen molar-refractivity contribution in [2.45, 2.75) is 0 Å². The minimum atomic E-state index is -1.59. The van der Waals surface area contributed by atoms with Crippen LogP contribution in [0, 0.1) is 0 Å². The van der Waals surface area contributed by atoms with Gasteiger partial charge < -0.3 is 4.74 Å². The first-order chi connectivity index (χ1) is 3.63. The molecule has 0 aliphatic rings. The Kier molecular flexibility index (Phi) is 3.03. The summed E-state index contributed by atoms with van der Waals surface area (Å²) in [5, 5.41) is 9.60. The molecule has 0 rings (SSSR count). The van der Waals surface area contributed by atoms with Gasteiger partial charge in [-0.15, -0.1) is 0 Å². The SMILES string of the molecule is C=C(Cl)COC([O])=O. The molecule has 8 heavy (non-hydrogen) atoms. The van der Waals surface area contributed by atoms with E-state index in [-0.39, 0.29) is 11.6 Å². The molecule has 0 aromatic heterocycles. The molecular weight excluding hydrogens is 131 g/mol. The van der Waals surface area contributed by atoms with Crippen LogP contribution in [0.4, 0.5) is 4.79 Å². The first-order valence-corrected chi connectivity index (χ1v) is 2.18. The lowest BCUT2D eigenvalue weighted by Crippen LogP contribution is -1.98. The largest absolute Gasteiger partial charge is 0.550 e. The average Bonchev–Trinajstić information content (AvgIpc) is 1.61. The van der Waals surface area contributed by atoms with Crippen LogP contribution in [0.15, 0.2) is 11.6 Å². The van der Waals surface area contributed by atoms with Crippen LogP contribution in [-0.2, 0) is 9.84 Å². The minimum absolute atomic E-state index is 0.134. The fourth-order valence-electron chi connectivity index (χ4n) is 0.137. The van der Waals surface area contributed by atoms with Gasteiger partial charge in [-0.05, 0) is 0 Å². The normalized spacial score (nSPS) is 8.12. The van der Waals surface area contributed by atoms with Gasteiger partial charge in [0.1, 0.15) is 6.61 Å². The van der Waals surface area contributed by atoms with Gasteiger partial charge in [0.05, 0.1) is 0 Å². The Morgan fingerprint density at radius 1 is 1.75 bits per heavy atom. The zero-order valence-electron chi connectivity index (χ0n) is 4.02. The summed E-state index contributed by atoms with van der Waals surface area (Å²) in [6, 6.07) is 0. The third-order valence-corrected chi connectivity index (χ3v) is 0.456. The van der Waals surface area contributed by atoms with Gasteiger partial charge >= 0.3 is 6.16 Å². The van der Waals surface area contributed by atoms with Crippen molar-refractivity contribution in [1.82, 2.24) is 0 Å². The van der Waals surface area contributed by atoms with E-state index >= 15 is 0 Å². The molecule has 4 heteroatoms. The predicted octanol–water partition coefficient (Wildman–Crippen LogP) is 1.31. The summed E-state index contributed by atoms with van der Waals surface area (Å²) in [5.41, 5.74) is 0. The standard InChI is InChI=1S/C4H4ClO3/c1-3(5)2-8-4(6)7/h1-2H2. The maximum absolute atomic E-state index is 9.47. The van der Waals surface area contributed by atoms with Crippen molar-refractivity contribution in [3.8, 4) is 0 Å². The molecule has 1 radical (unpaired) electrons. The van der Waals surface area contributed by atoms with E-state index in [9.17, 15) is 9.90 Å². The Bertz CT molecular complexity index is 95.9. The van der Waals surface area contributed by atoms with Gasteiger partial charge in [-0.2, -0.15) is 9.90 Å². The Balaban J connectivity index is 3.18. The van der Waals surface area contributed by atoms with Crippen LogP contribution >= 0.6 is 11.6 Å². The Hall–Kier alpha value is -0.700. The summed E-state index contributed by atoms with van der Waals surface area (Å²) in [6.07, 6.45) is -1.59. The molecule has 0 bridgehead atoms. The van der Waals surface area contributed by atoms with E-state index in [2.05, 4.69) is 11.3 Å². The molecule has 0 aromatic rings. The van der Waals surface area contributed by atoms with Gasteiger partial charge in [0, 0.05) is 5.03 Å². The van der Waals surface area contributed by atoms with Crippen molar-refractivity contribution in [2.75, 3.05) is 6.61 Å². The molecule has 0 aliphatic heterocycles. The topological polar surface area (TPSA) is 46.2 Å². The van der Waals surface area contributed by atoms with E-state index < -0.39 is 6.16 Å². The smallest absolute Gasteiger partial charge is 0.426 e. The lowest BCUT2D eigenvalue weighted by atomic mass is 10.7. The summed E-state index contributed by atoms with van der Waals surface area (Å²) >= 11 is 5.11. The zero-order chi connectivity index (χ0) is 6.57. The molecule has 0 fully saturated rings. The van der Waals surface area contributed by atoms with Crippen molar-refractivity contribution < 1.29 is 14.6 Å². The first kappa shape index (κ1) is 7.30. The summed E-state index contributed by atoms with van der Waals surface area (Å²) < 4.78 is 3.88. The van der Waals surface area contributed by atoms with Crippen molar-refractivity contribution >= 4 is 17.8 Å². The van der Waals surface area contributed by atoms with Crippen LogP contribution in [0.25, 0.3) is 0 Å². The molecular formula is C4H4ClO3. The van der Waals surface area contributed by atoms with Crippen LogP contribution in [0.1, 0.15) is 0 Å². The third-order valence-electron chi connectivity index (χ3n) is 0.347. The summed E-state index contributed by atoms with van der Waals surface area (Å²) in [5.74, 6) is 0. The van der Waals surface area contributed by atoms with Crippen LogP contribution < -0.4 is 0 Å². The number of ether oxygens (including phenoxy) is 1. The number of hydrogen-bond donors (Lipinski definition) is 0. The molecule has 0 saturated carbocycles. The van der Waals surface area contributed by atoms with Gasteiger partial charge in [-0.3, -0.25) is 0 Å². The minimum Gasteiger partial charge on any atom is -0.426 e. The van der Waals surface area contributed by atoms with Gasteiger partial charge in [0.2, 0.25) is 0 Å². The maximum atomic E-state index is 9.47. The number of halogens is 1. The lowest BCUT2D eigenvalue weighted by molar-refractivity contribution is 0.0762. The molecule has 3 nitrogen and oxygen atoms in total. The van der Waals surface area contributed by atoms with Gasteiger partial charge in [-0.1, -0.05) is 18.2 Å². The fourth-order valence-corrected chi connectivity index (χ4v) is 0.192. The molecule has 0 unspecified atom stereocenters. The molecule has 0 heterocycles.